The van der Waals surface area contributed by atoms with E-state index in [1.54, 1.807) is 12.1 Å². The highest BCUT2D eigenvalue weighted by Gasteiger charge is 2.22. The molecule has 8 N–H and O–H groups in total. The van der Waals surface area contributed by atoms with Crippen molar-refractivity contribution in [1.82, 2.24) is 10.6 Å². The van der Waals surface area contributed by atoms with Crippen LogP contribution in [-0.4, -0.2) is 46.5 Å². The van der Waals surface area contributed by atoms with Crippen molar-refractivity contribution in [3.8, 4) is 5.75 Å². The van der Waals surface area contributed by atoms with E-state index < -0.39 is 23.8 Å². The monoisotopic (exact) mass is 433 g/mol. The number of phenolic OH excluding ortho intramolecular Hbond substituents is 1. The maximum Gasteiger partial charge on any atom is 0.328 e. The number of nitrogens with two attached hydrogens (primary N) is 2. The molecule has 2 amide bonds. The molecule has 1 atom stereocenters. The lowest BCUT2D eigenvalue weighted by atomic mass is 10.1. The molecule has 0 heterocycles. The quantitative estimate of drug-likeness (QED) is 0.258. The zero-order valence-electron chi connectivity index (χ0n) is 15.6. The summed E-state index contributed by atoms with van der Waals surface area (Å²) < 4.78 is 0. The average molecular weight is 434 g/mol. The summed E-state index contributed by atoms with van der Waals surface area (Å²) in [6.07, 6.45) is 0. The molecule has 0 aliphatic carbocycles. The van der Waals surface area contributed by atoms with Gasteiger partial charge in [0.25, 0.3) is 11.8 Å². The van der Waals surface area contributed by atoms with E-state index in [9.17, 15) is 24.6 Å². The van der Waals surface area contributed by atoms with Gasteiger partial charge >= 0.3 is 5.97 Å². The van der Waals surface area contributed by atoms with Crippen molar-refractivity contribution in [2.24, 2.45) is 16.5 Å². The van der Waals surface area contributed by atoms with E-state index in [0.717, 1.165) is 0 Å². The van der Waals surface area contributed by atoms with Crippen LogP contribution >= 0.6 is 11.6 Å². The van der Waals surface area contributed by atoms with Crippen LogP contribution in [0.1, 0.15) is 26.3 Å². The predicted octanol–water partition coefficient (Wildman–Crippen LogP) is 0.432. The first-order valence-electron chi connectivity index (χ1n) is 8.62. The third-order valence-electron chi connectivity index (χ3n) is 3.90. The molecule has 0 aliphatic heterocycles. The fraction of sp³-hybridized carbons (Fsp3) is 0.158. The molecule has 0 aliphatic rings. The van der Waals surface area contributed by atoms with Crippen LogP contribution in [0.3, 0.4) is 0 Å². The lowest BCUT2D eigenvalue weighted by Gasteiger charge is -2.14. The number of guanidine groups is 1. The van der Waals surface area contributed by atoms with Crippen LogP contribution in [0.5, 0.6) is 5.75 Å². The summed E-state index contributed by atoms with van der Waals surface area (Å²) in [6.45, 7) is -0.172. The molecule has 1 unspecified atom stereocenters. The molecule has 0 fully saturated rings. The number of aliphatic carboxylic acids is 1. The third-order valence-corrected chi connectivity index (χ3v) is 4.21. The number of rotatable bonds is 8. The van der Waals surface area contributed by atoms with Gasteiger partial charge in [-0.3, -0.25) is 14.6 Å². The second-order valence-corrected chi connectivity index (χ2v) is 6.58. The van der Waals surface area contributed by atoms with Gasteiger partial charge in [0.2, 0.25) is 0 Å². The number of carbonyl (C=O) groups excluding carboxylic acids is 2. The zero-order chi connectivity index (χ0) is 22.3. The largest absolute Gasteiger partial charge is 0.508 e. The first kappa shape index (κ1) is 22.5. The molecule has 11 heteroatoms. The van der Waals surface area contributed by atoms with Crippen molar-refractivity contribution in [3.05, 3.63) is 64.2 Å². The van der Waals surface area contributed by atoms with Crippen LogP contribution in [0.25, 0.3) is 0 Å². The summed E-state index contributed by atoms with van der Waals surface area (Å²) in [4.78, 5) is 39.5. The van der Waals surface area contributed by atoms with E-state index in [1.807, 2.05) is 0 Å². The Balaban J connectivity index is 2.06. The molecular weight excluding hydrogens is 414 g/mol. The van der Waals surface area contributed by atoms with Crippen LogP contribution in [0.15, 0.2) is 47.5 Å². The molecule has 0 aromatic heterocycles. The Morgan fingerprint density at radius 1 is 1.10 bits per heavy atom. The molecule has 0 saturated carbocycles. The number of hydrogen-bond donors (Lipinski definition) is 6. The SMILES string of the molecule is NC(N)=NCC(NC(=O)c1ccc(C(=O)NCc2cccc(O)c2)cc1Cl)C(=O)O. The second-order valence-electron chi connectivity index (χ2n) is 6.18. The Morgan fingerprint density at radius 2 is 1.83 bits per heavy atom. The lowest BCUT2D eigenvalue weighted by molar-refractivity contribution is -0.138. The summed E-state index contributed by atoms with van der Waals surface area (Å²) in [5.41, 5.74) is 11.2. The lowest BCUT2D eigenvalue weighted by Crippen LogP contribution is -2.43. The molecule has 2 aromatic carbocycles. The Morgan fingerprint density at radius 3 is 2.43 bits per heavy atom. The first-order valence-corrected chi connectivity index (χ1v) is 9.00. The molecule has 2 aromatic rings. The molecule has 2 rings (SSSR count). The highest BCUT2D eigenvalue weighted by Crippen LogP contribution is 2.18. The van der Waals surface area contributed by atoms with Crippen LogP contribution in [0.4, 0.5) is 0 Å². The van der Waals surface area contributed by atoms with E-state index in [0.29, 0.717) is 5.56 Å². The number of carboxylic acids is 1. The standard InChI is InChI=1S/C19H20ClN5O5/c20-14-7-11(16(27)23-8-10-2-1-3-12(26)6-10)4-5-13(14)17(28)25-15(18(29)30)9-24-19(21)22/h1-7,15,26H,8-9H2,(H,23,27)(H,25,28)(H,29,30)(H4,21,22,24). The van der Waals surface area contributed by atoms with E-state index in [-0.39, 0.29) is 40.9 Å². The molecule has 30 heavy (non-hydrogen) atoms. The maximum absolute atomic E-state index is 12.4. The van der Waals surface area contributed by atoms with Gasteiger partial charge in [-0.1, -0.05) is 23.7 Å². The minimum Gasteiger partial charge on any atom is -0.508 e. The van der Waals surface area contributed by atoms with Crippen molar-refractivity contribution in [2.75, 3.05) is 6.54 Å². The van der Waals surface area contributed by atoms with Gasteiger partial charge < -0.3 is 32.3 Å². The van der Waals surface area contributed by atoms with Gasteiger partial charge in [0.05, 0.1) is 17.1 Å². The Bertz CT molecular complexity index is 991. The van der Waals surface area contributed by atoms with Crippen molar-refractivity contribution < 1.29 is 24.6 Å². The molecule has 0 spiro atoms. The fourth-order valence-electron chi connectivity index (χ4n) is 2.41. The minimum atomic E-state index is -1.36. The van der Waals surface area contributed by atoms with Gasteiger partial charge in [0, 0.05) is 12.1 Å². The van der Waals surface area contributed by atoms with Gasteiger partial charge in [-0.25, -0.2) is 4.79 Å². The molecular formula is C19H20ClN5O5. The maximum atomic E-state index is 12.4. The minimum absolute atomic E-state index is 0.0165. The summed E-state index contributed by atoms with van der Waals surface area (Å²) in [6, 6.07) is 9.04. The van der Waals surface area contributed by atoms with Crippen LogP contribution in [0, 0.1) is 0 Å². The number of carboxylic acid groups (broad SMARTS) is 1. The fourth-order valence-corrected chi connectivity index (χ4v) is 2.68. The number of amides is 2. The summed E-state index contributed by atoms with van der Waals surface area (Å²) >= 11 is 6.11. The number of halogens is 1. The molecule has 0 bridgehead atoms. The Labute approximate surface area is 176 Å². The van der Waals surface area contributed by atoms with E-state index >= 15 is 0 Å². The van der Waals surface area contributed by atoms with Gasteiger partial charge in [-0.05, 0) is 35.9 Å². The highest BCUT2D eigenvalue weighted by molar-refractivity contribution is 6.34. The molecule has 158 valence electrons. The Kier molecular flexibility index (Phi) is 7.59. The predicted molar refractivity (Wildman–Crippen MR) is 110 cm³/mol. The van der Waals surface area contributed by atoms with Crippen LogP contribution in [0.2, 0.25) is 5.02 Å². The number of aliphatic imine (C=N–C) groups is 1. The van der Waals surface area contributed by atoms with Crippen LogP contribution < -0.4 is 22.1 Å². The zero-order valence-corrected chi connectivity index (χ0v) is 16.4. The number of benzene rings is 2. The number of hydrogen-bond acceptors (Lipinski definition) is 5. The number of carbonyl (C=O) groups is 3. The molecule has 0 radical (unpaired) electrons. The number of nitrogens with zero attached hydrogens (tertiary/aromatic N) is 1. The summed E-state index contributed by atoms with van der Waals surface area (Å²) in [7, 11) is 0. The van der Waals surface area contributed by atoms with Crippen molar-refractivity contribution >= 4 is 35.3 Å². The number of phenols is 1. The van der Waals surface area contributed by atoms with Crippen molar-refractivity contribution in [2.45, 2.75) is 12.6 Å². The normalized spacial score (nSPS) is 11.2. The highest BCUT2D eigenvalue weighted by atomic mass is 35.5. The molecule has 0 saturated heterocycles. The summed E-state index contributed by atoms with van der Waals surface area (Å²) in [5.74, 6) is -2.75. The van der Waals surface area contributed by atoms with E-state index in [1.165, 1.54) is 30.3 Å². The van der Waals surface area contributed by atoms with Gasteiger partial charge in [0.15, 0.2) is 5.96 Å². The second kappa shape index (κ2) is 10.1. The van der Waals surface area contributed by atoms with Crippen LogP contribution in [-0.2, 0) is 11.3 Å². The topological polar surface area (TPSA) is 180 Å². The first-order chi connectivity index (χ1) is 14.2. The summed E-state index contributed by atoms with van der Waals surface area (Å²) in [5, 5.41) is 23.5. The van der Waals surface area contributed by atoms with Gasteiger partial charge in [0.1, 0.15) is 11.8 Å². The number of aromatic hydroxyl groups is 1. The van der Waals surface area contributed by atoms with E-state index in [2.05, 4.69) is 15.6 Å². The van der Waals surface area contributed by atoms with Crippen molar-refractivity contribution in [3.63, 3.8) is 0 Å². The van der Waals surface area contributed by atoms with Crippen molar-refractivity contribution in [1.29, 1.82) is 0 Å². The smallest absolute Gasteiger partial charge is 0.328 e. The van der Waals surface area contributed by atoms with Gasteiger partial charge in [-0.2, -0.15) is 0 Å². The third kappa shape index (κ3) is 6.38. The molecule has 10 nitrogen and oxygen atoms in total. The average Bonchev–Trinajstić information content (AvgIpc) is 2.68. The number of nitrogens with one attached hydrogen (secondary N) is 2. The van der Waals surface area contributed by atoms with E-state index in [4.69, 9.17) is 23.1 Å². The Hall–Kier alpha value is -3.79. The van der Waals surface area contributed by atoms with Gasteiger partial charge in [-0.15, -0.1) is 0 Å².